The molecule has 19 heavy (non-hydrogen) atoms. The van der Waals surface area contributed by atoms with Gasteiger partial charge in [0.05, 0.1) is 0 Å². The van der Waals surface area contributed by atoms with Crippen LogP contribution in [0.15, 0.2) is 18.2 Å². The van der Waals surface area contributed by atoms with Crippen molar-refractivity contribution in [2.24, 2.45) is 11.7 Å². The normalized spacial score (nSPS) is 23.2. The van der Waals surface area contributed by atoms with E-state index in [0.717, 1.165) is 25.2 Å². The number of nitrogens with zero attached hydrogens (tertiary/aromatic N) is 1. The monoisotopic (exact) mass is 266 g/mol. The minimum absolute atomic E-state index is 0.285. The molecule has 0 bridgehead atoms. The average molecular weight is 266 g/mol. The van der Waals surface area contributed by atoms with Crippen LogP contribution in [0.5, 0.6) is 5.75 Å². The lowest BCUT2D eigenvalue weighted by atomic mass is 10.0. The molecule has 0 aliphatic heterocycles. The third-order valence-electron chi connectivity index (χ3n) is 4.19. The van der Waals surface area contributed by atoms with Crippen molar-refractivity contribution in [2.45, 2.75) is 38.8 Å². The van der Waals surface area contributed by atoms with Gasteiger partial charge in [0, 0.05) is 12.6 Å². The predicted molar refractivity (Wildman–Crippen MR) is 74.3 cm³/mol. The second-order valence-corrected chi connectivity index (χ2v) is 5.34. The lowest BCUT2D eigenvalue weighted by Crippen LogP contribution is -2.39. The molecule has 0 aromatic heterocycles. The zero-order valence-electron chi connectivity index (χ0n) is 11.5. The summed E-state index contributed by atoms with van der Waals surface area (Å²) in [6, 6.07) is 5.14. The minimum Gasteiger partial charge on any atom is -0.505 e. The van der Waals surface area contributed by atoms with Gasteiger partial charge in [-0.05, 0) is 49.5 Å². The first-order valence-electron chi connectivity index (χ1n) is 7.07. The van der Waals surface area contributed by atoms with Crippen molar-refractivity contribution in [3.05, 3.63) is 29.6 Å². The molecule has 2 unspecified atom stereocenters. The standard InChI is InChI=1S/C15H23FN2O/c1-2-18(14-5-3-4-12(14)9-17)10-11-6-7-15(19)13(16)8-11/h6-8,12,14,19H,2-5,9-10,17H2,1H3. The third-order valence-corrected chi connectivity index (χ3v) is 4.19. The number of halogens is 1. The molecule has 0 radical (unpaired) electrons. The van der Waals surface area contributed by atoms with Crippen molar-refractivity contribution < 1.29 is 9.50 Å². The van der Waals surface area contributed by atoms with Crippen LogP contribution < -0.4 is 5.73 Å². The van der Waals surface area contributed by atoms with Gasteiger partial charge in [-0.2, -0.15) is 0 Å². The Labute approximate surface area is 114 Å². The van der Waals surface area contributed by atoms with Gasteiger partial charge in [0.25, 0.3) is 0 Å². The Morgan fingerprint density at radius 2 is 2.21 bits per heavy atom. The van der Waals surface area contributed by atoms with E-state index in [1.807, 2.05) is 0 Å². The Bertz CT molecular complexity index is 425. The number of hydrogen-bond acceptors (Lipinski definition) is 3. The van der Waals surface area contributed by atoms with E-state index in [0.29, 0.717) is 12.0 Å². The maximum Gasteiger partial charge on any atom is 0.165 e. The molecule has 1 aliphatic rings. The van der Waals surface area contributed by atoms with Crippen LogP contribution in [0, 0.1) is 11.7 Å². The van der Waals surface area contributed by atoms with Gasteiger partial charge in [-0.1, -0.05) is 19.4 Å². The highest BCUT2D eigenvalue weighted by molar-refractivity contribution is 5.28. The van der Waals surface area contributed by atoms with E-state index in [1.165, 1.54) is 31.4 Å². The fourth-order valence-electron chi connectivity index (χ4n) is 3.12. The summed E-state index contributed by atoms with van der Waals surface area (Å²) in [6.07, 6.45) is 3.60. The second kappa shape index (κ2) is 6.35. The van der Waals surface area contributed by atoms with Gasteiger partial charge >= 0.3 is 0 Å². The maximum atomic E-state index is 13.4. The van der Waals surface area contributed by atoms with Gasteiger partial charge in [-0.3, -0.25) is 4.90 Å². The number of phenolic OH excluding ortho intramolecular Hbond substituents is 1. The Hall–Kier alpha value is -1.13. The summed E-state index contributed by atoms with van der Waals surface area (Å²) >= 11 is 0. The van der Waals surface area contributed by atoms with Gasteiger partial charge in [0.1, 0.15) is 0 Å². The Morgan fingerprint density at radius 1 is 1.42 bits per heavy atom. The summed E-state index contributed by atoms with van der Waals surface area (Å²) in [5.74, 6) is -0.273. The molecule has 0 heterocycles. The highest BCUT2D eigenvalue weighted by Crippen LogP contribution is 2.30. The fraction of sp³-hybridized carbons (Fsp3) is 0.600. The van der Waals surface area contributed by atoms with E-state index in [-0.39, 0.29) is 5.75 Å². The third kappa shape index (κ3) is 3.25. The Kier molecular flexibility index (Phi) is 4.77. The largest absolute Gasteiger partial charge is 0.505 e. The molecule has 2 atom stereocenters. The molecular formula is C15H23FN2O. The van der Waals surface area contributed by atoms with Crippen LogP contribution in [0.25, 0.3) is 0 Å². The number of benzene rings is 1. The van der Waals surface area contributed by atoms with Crippen molar-refractivity contribution >= 4 is 0 Å². The first-order chi connectivity index (χ1) is 9.15. The Balaban J connectivity index is 2.08. The minimum atomic E-state index is -0.546. The first kappa shape index (κ1) is 14.3. The van der Waals surface area contributed by atoms with Crippen LogP contribution >= 0.6 is 0 Å². The number of aromatic hydroxyl groups is 1. The highest BCUT2D eigenvalue weighted by atomic mass is 19.1. The summed E-state index contributed by atoms with van der Waals surface area (Å²) in [5, 5.41) is 9.22. The van der Waals surface area contributed by atoms with Gasteiger partial charge in [0.15, 0.2) is 11.6 Å². The van der Waals surface area contributed by atoms with E-state index in [4.69, 9.17) is 5.73 Å². The van der Waals surface area contributed by atoms with Gasteiger partial charge < -0.3 is 10.8 Å². The van der Waals surface area contributed by atoms with Crippen molar-refractivity contribution in [1.82, 2.24) is 4.90 Å². The number of nitrogens with two attached hydrogens (primary N) is 1. The summed E-state index contributed by atoms with van der Waals surface area (Å²) in [7, 11) is 0. The van der Waals surface area contributed by atoms with Crippen LogP contribution in [0.1, 0.15) is 31.7 Å². The summed E-state index contributed by atoms with van der Waals surface area (Å²) in [5.41, 5.74) is 6.74. The molecule has 106 valence electrons. The topological polar surface area (TPSA) is 49.5 Å². The quantitative estimate of drug-likeness (QED) is 0.861. The Morgan fingerprint density at radius 3 is 2.84 bits per heavy atom. The van der Waals surface area contributed by atoms with Crippen molar-refractivity contribution in [3.8, 4) is 5.75 Å². The predicted octanol–water partition coefficient (Wildman–Crippen LogP) is 2.48. The van der Waals surface area contributed by atoms with Crippen molar-refractivity contribution in [1.29, 1.82) is 0 Å². The summed E-state index contributed by atoms with van der Waals surface area (Å²) in [4.78, 5) is 2.37. The number of hydrogen-bond donors (Lipinski definition) is 2. The SMILES string of the molecule is CCN(Cc1ccc(O)c(F)c1)C1CCCC1CN. The molecule has 0 amide bonds. The molecule has 1 aromatic carbocycles. The van der Waals surface area contributed by atoms with E-state index in [2.05, 4.69) is 11.8 Å². The number of phenols is 1. The summed E-state index contributed by atoms with van der Waals surface area (Å²) in [6.45, 7) is 4.51. The number of rotatable bonds is 5. The van der Waals surface area contributed by atoms with E-state index < -0.39 is 5.82 Å². The van der Waals surface area contributed by atoms with E-state index in [9.17, 15) is 9.50 Å². The lowest BCUT2D eigenvalue weighted by molar-refractivity contribution is 0.162. The molecule has 3 N–H and O–H groups in total. The second-order valence-electron chi connectivity index (χ2n) is 5.34. The first-order valence-corrected chi connectivity index (χ1v) is 7.07. The van der Waals surface area contributed by atoms with Crippen LogP contribution in [0.4, 0.5) is 4.39 Å². The van der Waals surface area contributed by atoms with Crippen LogP contribution in [0.2, 0.25) is 0 Å². The van der Waals surface area contributed by atoms with Crippen LogP contribution in [-0.4, -0.2) is 29.1 Å². The van der Waals surface area contributed by atoms with E-state index in [1.54, 1.807) is 6.07 Å². The zero-order valence-corrected chi connectivity index (χ0v) is 11.5. The maximum absolute atomic E-state index is 13.4. The molecule has 4 heteroatoms. The molecular weight excluding hydrogens is 243 g/mol. The molecule has 0 saturated heterocycles. The van der Waals surface area contributed by atoms with Crippen molar-refractivity contribution in [3.63, 3.8) is 0 Å². The van der Waals surface area contributed by atoms with Gasteiger partial charge in [-0.15, -0.1) is 0 Å². The molecule has 3 nitrogen and oxygen atoms in total. The highest BCUT2D eigenvalue weighted by Gasteiger charge is 2.30. The van der Waals surface area contributed by atoms with Crippen LogP contribution in [-0.2, 0) is 6.54 Å². The molecule has 2 rings (SSSR count). The fourth-order valence-corrected chi connectivity index (χ4v) is 3.12. The van der Waals surface area contributed by atoms with Crippen molar-refractivity contribution in [2.75, 3.05) is 13.1 Å². The molecule has 1 saturated carbocycles. The smallest absolute Gasteiger partial charge is 0.165 e. The van der Waals surface area contributed by atoms with Gasteiger partial charge in [0.2, 0.25) is 0 Å². The lowest BCUT2D eigenvalue weighted by Gasteiger charge is -2.31. The zero-order chi connectivity index (χ0) is 13.8. The summed E-state index contributed by atoms with van der Waals surface area (Å²) < 4.78 is 13.4. The molecule has 0 spiro atoms. The molecule has 1 aromatic rings. The van der Waals surface area contributed by atoms with Gasteiger partial charge in [-0.25, -0.2) is 4.39 Å². The molecule has 1 fully saturated rings. The average Bonchev–Trinajstić information content (AvgIpc) is 2.88. The van der Waals surface area contributed by atoms with E-state index >= 15 is 0 Å². The van der Waals surface area contributed by atoms with Crippen LogP contribution in [0.3, 0.4) is 0 Å². The molecule has 1 aliphatic carbocycles.